The Labute approximate surface area is 161 Å². The molecule has 0 bridgehead atoms. The topological polar surface area (TPSA) is 72.5 Å². The van der Waals surface area contributed by atoms with Gasteiger partial charge in [0.15, 0.2) is 6.61 Å². The van der Waals surface area contributed by atoms with Crippen LogP contribution in [0.3, 0.4) is 0 Å². The molecule has 5 nitrogen and oxygen atoms in total. The van der Waals surface area contributed by atoms with Crippen LogP contribution in [0.15, 0.2) is 42.5 Å². The molecule has 0 saturated carbocycles. The summed E-state index contributed by atoms with van der Waals surface area (Å²) in [5.41, 5.74) is 2.48. The molecule has 7 heteroatoms. The normalized spacial score (nSPS) is 10.3. The number of esters is 1. The second-order valence-electron chi connectivity index (χ2n) is 5.92. The smallest absolute Gasteiger partial charge is 0.316 e. The molecule has 0 saturated heterocycles. The van der Waals surface area contributed by atoms with E-state index >= 15 is 0 Å². The number of carbonyl (C=O) groups is 3. The second-order valence-corrected chi connectivity index (χ2v) is 6.91. The van der Waals surface area contributed by atoms with Crippen LogP contribution in [0.4, 0.5) is 10.1 Å². The van der Waals surface area contributed by atoms with Crippen LogP contribution in [-0.2, 0) is 14.3 Å². The third-order valence-corrected chi connectivity index (χ3v) is 4.55. The van der Waals surface area contributed by atoms with Crippen molar-refractivity contribution in [2.75, 3.05) is 23.4 Å². The van der Waals surface area contributed by atoms with Gasteiger partial charge in [-0.3, -0.25) is 14.4 Å². The molecule has 1 N–H and O–H groups in total. The molecule has 0 atom stereocenters. The van der Waals surface area contributed by atoms with Gasteiger partial charge in [0.2, 0.25) is 11.7 Å². The Balaban J connectivity index is 1.71. The minimum absolute atomic E-state index is 0.0333. The molecule has 2 aromatic carbocycles. The van der Waals surface area contributed by atoms with Crippen LogP contribution >= 0.6 is 11.8 Å². The number of aryl methyl sites for hydroxylation is 2. The molecule has 0 radical (unpaired) electrons. The molecule has 0 aliphatic heterocycles. The van der Waals surface area contributed by atoms with Crippen LogP contribution in [0, 0.1) is 19.7 Å². The SMILES string of the molecule is Cc1ccc(C(=O)COC(=O)CSCC(=O)Nc2ccccc2F)c(C)c1. The van der Waals surface area contributed by atoms with E-state index in [2.05, 4.69) is 5.32 Å². The number of Topliss-reactive ketones (excluding diaryl/α,β-unsaturated/α-hetero) is 1. The lowest BCUT2D eigenvalue weighted by Crippen LogP contribution is -2.19. The summed E-state index contributed by atoms with van der Waals surface area (Å²) in [6.45, 7) is 3.41. The predicted octanol–water partition coefficient (Wildman–Crippen LogP) is 3.54. The number of ether oxygens (including phenoxy) is 1. The van der Waals surface area contributed by atoms with Gasteiger partial charge in [0.1, 0.15) is 5.82 Å². The molecular weight excluding hydrogens is 369 g/mol. The molecule has 0 heterocycles. The standard InChI is InChI=1S/C20H20FNO4S/c1-13-7-8-15(14(2)9-13)18(23)10-26-20(25)12-27-11-19(24)22-17-6-4-3-5-16(17)21/h3-9H,10-12H2,1-2H3,(H,22,24). The zero-order valence-electron chi connectivity index (χ0n) is 15.1. The number of benzene rings is 2. The predicted molar refractivity (Wildman–Crippen MR) is 104 cm³/mol. The van der Waals surface area contributed by atoms with Gasteiger partial charge < -0.3 is 10.1 Å². The van der Waals surface area contributed by atoms with E-state index in [1.165, 1.54) is 18.2 Å². The molecule has 2 rings (SSSR count). The van der Waals surface area contributed by atoms with E-state index in [-0.39, 0.29) is 29.6 Å². The van der Waals surface area contributed by atoms with Crippen LogP contribution in [0.1, 0.15) is 21.5 Å². The Hall–Kier alpha value is -2.67. The van der Waals surface area contributed by atoms with Crippen LogP contribution in [0.25, 0.3) is 0 Å². The third kappa shape index (κ3) is 6.53. The maximum atomic E-state index is 13.4. The Kier molecular flexibility index (Phi) is 7.55. The van der Waals surface area contributed by atoms with E-state index in [0.29, 0.717) is 5.56 Å². The summed E-state index contributed by atoms with van der Waals surface area (Å²) in [6.07, 6.45) is 0. The molecule has 27 heavy (non-hydrogen) atoms. The van der Waals surface area contributed by atoms with Gasteiger partial charge in [-0.25, -0.2) is 4.39 Å². The van der Waals surface area contributed by atoms with Crippen LogP contribution < -0.4 is 5.32 Å². The highest BCUT2D eigenvalue weighted by Crippen LogP contribution is 2.14. The Bertz CT molecular complexity index is 854. The molecule has 0 spiro atoms. The summed E-state index contributed by atoms with van der Waals surface area (Å²) in [6, 6.07) is 11.2. The fraction of sp³-hybridized carbons (Fsp3) is 0.250. The minimum atomic E-state index is -0.586. The van der Waals surface area contributed by atoms with Crippen molar-refractivity contribution in [3.05, 3.63) is 65.0 Å². The first-order chi connectivity index (χ1) is 12.9. The number of halogens is 1. The van der Waals surface area contributed by atoms with Crippen molar-refractivity contribution in [2.24, 2.45) is 0 Å². The summed E-state index contributed by atoms with van der Waals surface area (Å²) < 4.78 is 18.4. The average molecular weight is 389 g/mol. The van der Waals surface area contributed by atoms with Gasteiger partial charge in [0.25, 0.3) is 0 Å². The molecule has 142 valence electrons. The summed E-state index contributed by atoms with van der Waals surface area (Å²) >= 11 is 1.03. The number of amides is 1. The van der Waals surface area contributed by atoms with Crippen molar-refractivity contribution >= 4 is 35.1 Å². The lowest BCUT2D eigenvalue weighted by atomic mass is 10.0. The van der Waals surface area contributed by atoms with E-state index in [1.807, 2.05) is 26.0 Å². The van der Waals surface area contributed by atoms with E-state index in [9.17, 15) is 18.8 Å². The Morgan fingerprint density at radius 3 is 2.52 bits per heavy atom. The molecule has 0 aromatic heterocycles. The quantitative estimate of drug-likeness (QED) is 0.552. The highest BCUT2D eigenvalue weighted by Gasteiger charge is 2.13. The average Bonchev–Trinajstić information content (AvgIpc) is 2.61. The van der Waals surface area contributed by atoms with Crippen LogP contribution in [0.5, 0.6) is 0 Å². The molecule has 0 unspecified atom stereocenters. The van der Waals surface area contributed by atoms with Crippen molar-refractivity contribution in [1.82, 2.24) is 0 Å². The van der Waals surface area contributed by atoms with E-state index < -0.39 is 17.7 Å². The van der Waals surface area contributed by atoms with Gasteiger partial charge in [-0.2, -0.15) is 0 Å². The summed E-state index contributed by atoms with van der Waals surface area (Å²) in [4.78, 5) is 35.6. The summed E-state index contributed by atoms with van der Waals surface area (Å²) in [5, 5.41) is 2.43. The van der Waals surface area contributed by atoms with Crippen molar-refractivity contribution in [2.45, 2.75) is 13.8 Å². The van der Waals surface area contributed by atoms with Gasteiger partial charge in [-0.05, 0) is 31.5 Å². The zero-order chi connectivity index (χ0) is 19.8. The van der Waals surface area contributed by atoms with Crippen LogP contribution in [-0.4, -0.2) is 35.8 Å². The Morgan fingerprint density at radius 2 is 1.81 bits per heavy atom. The van der Waals surface area contributed by atoms with Gasteiger partial charge in [-0.1, -0.05) is 35.9 Å². The first-order valence-electron chi connectivity index (χ1n) is 8.25. The van der Waals surface area contributed by atoms with Crippen molar-refractivity contribution in [3.8, 4) is 0 Å². The highest BCUT2D eigenvalue weighted by molar-refractivity contribution is 8.00. The second kappa shape index (κ2) is 9.87. The summed E-state index contributed by atoms with van der Waals surface area (Å²) in [7, 11) is 0. The van der Waals surface area contributed by atoms with E-state index in [4.69, 9.17) is 4.74 Å². The molecule has 1 amide bonds. The Morgan fingerprint density at radius 1 is 1.07 bits per heavy atom. The van der Waals surface area contributed by atoms with Crippen molar-refractivity contribution in [1.29, 1.82) is 0 Å². The number of thioether (sulfide) groups is 1. The monoisotopic (exact) mass is 389 g/mol. The molecular formula is C20H20FNO4S. The van der Waals surface area contributed by atoms with Gasteiger partial charge in [0, 0.05) is 5.56 Å². The molecule has 0 aliphatic rings. The minimum Gasteiger partial charge on any atom is -0.457 e. The zero-order valence-corrected chi connectivity index (χ0v) is 15.9. The maximum Gasteiger partial charge on any atom is 0.316 e. The summed E-state index contributed by atoms with van der Waals surface area (Å²) in [5.74, 6) is -1.93. The lowest BCUT2D eigenvalue weighted by molar-refractivity contribution is -0.139. The number of rotatable bonds is 8. The highest BCUT2D eigenvalue weighted by atomic mass is 32.2. The number of para-hydroxylation sites is 1. The number of anilines is 1. The van der Waals surface area contributed by atoms with Crippen molar-refractivity contribution < 1.29 is 23.5 Å². The number of ketones is 1. The molecule has 0 fully saturated rings. The molecule has 0 aliphatic carbocycles. The number of carbonyl (C=O) groups excluding carboxylic acids is 3. The first kappa shape index (κ1) is 20.6. The largest absolute Gasteiger partial charge is 0.457 e. The van der Waals surface area contributed by atoms with E-state index in [1.54, 1.807) is 12.1 Å². The number of hydrogen-bond acceptors (Lipinski definition) is 5. The number of nitrogens with one attached hydrogen (secondary N) is 1. The number of hydrogen-bond donors (Lipinski definition) is 1. The van der Waals surface area contributed by atoms with Gasteiger partial charge in [0.05, 0.1) is 17.2 Å². The van der Waals surface area contributed by atoms with Gasteiger partial charge in [-0.15, -0.1) is 11.8 Å². The van der Waals surface area contributed by atoms with E-state index in [0.717, 1.165) is 22.9 Å². The van der Waals surface area contributed by atoms with Gasteiger partial charge >= 0.3 is 5.97 Å². The van der Waals surface area contributed by atoms with Crippen molar-refractivity contribution in [3.63, 3.8) is 0 Å². The molecule has 2 aromatic rings. The lowest BCUT2D eigenvalue weighted by Gasteiger charge is -2.08. The fourth-order valence-electron chi connectivity index (χ4n) is 2.37. The third-order valence-electron chi connectivity index (χ3n) is 3.65. The fourth-order valence-corrected chi connectivity index (χ4v) is 2.98. The first-order valence-corrected chi connectivity index (χ1v) is 9.40. The van der Waals surface area contributed by atoms with Crippen LogP contribution in [0.2, 0.25) is 0 Å². The maximum absolute atomic E-state index is 13.4.